The number of benzene rings is 2. The minimum absolute atomic E-state index is 0.616. The van der Waals surface area contributed by atoms with Crippen molar-refractivity contribution in [2.45, 2.75) is 0 Å². The summed E-state index contributed by atoms with van der Waals surface area (Å²) in [6.45, 7) is 0. The van der Waals surface area contributed by atoms with Crippen molar-refractivity contribution in [3.63, 3.8) is 0 Å². The molecule has 2 rings (SSSR count). The van der Waals surface area contributed by atoms with Crippen molar-refractivity contribution in [3.05, 3.63) is 70.2 Å². The number of nitrogens with two attached hydrogens (primary N) is 2. The summed E-state index contributed by atoms with van der Waals surface area (Å²) in [6.07, 6.45) is 0. The highest BCUT2D eigenvalue weighted by Crippen LogP contribution is 2.22. The second-order valence-electron chi connectivity index (χ2n) is 3.81. The quantitative estimate of drug-likeness (QED) is 0.464. The third-order valence-electron chi connectivity index (χ3n) is 2.61. The van der Waals surface area contributed by atoms with Crippen LogP contribution in [0.4, 0.5) is 0 Å². The lowest BCUT2D eigenvalue weighted by Crippen LogP contribution is -2.23. The van der Waals surface area contributed by atoms with E-state index in [9.17, 15) is 0 Å². The molecular formula is C14H14BrN3. The van der Waals surface area contributed by atoms with Gasteiger partial charge in [0, 0.05) is 15.6 Å². The van der Waals surface area contributed by atoms with E-state index in [1.807, 2.05) is 54.6 Å². The summed E-state index contributed by atoms with van der Waals surface area (Å²) in [7, 11) is 0. The Bertz CT molecular complexity index is 564. The zero-order valence-electron chi connectivity index (χ0n) is 9.73. The first-order chi connectivity index (χ1) is 8.72. The highest BCUT2D eigenvalue weighted by Gasteiger charge is 2.07. The monoisotopic (exact) mass is 303 g/mol. The average Bonchev–Trinajstić information content (AvgIpc) is 2.41. The topological polar surface area (TPSA) is 64.1 Å². The Kier molecular flexibility index (Phi) is 4.02. The van der Waals surface area contributed by atoms with Crippen LogP contribution in [0, 0.1) is 0 Å². The molecule has 0 amide bonds. The van der Waals surface area contributed by atoms with Crippen molar-refractivity contribution in [3.8, 4) is 0 Å². The van der Waals surface area contributed by atoms with E-state index < -0.39 is 0 Å². The van der Waals surface area contributed by atoms with Gasteiger partial charge in [0.1, 0.15) is 0 Å². The maximum absolute atomic E-state index is 6.17. The van der Waals surface area contributed by atoms with Crippen molar-refractivity contribution in [2.24, 2.45) is 11.6 Å². The second-order valence-corrected chi connectivity index (χ2v) is 4.73. The first-order valence-electron chi connectivity index (χ1n) is 5.50. The fourth-order valence-electron chi connectivity index (χ4n) is 1.72. The predicted molar refractivity (Wildman–Crippen MR) is 78.9 cm³/mol. The first kappa shape index (κ1) is 12.7. The standard InChI is InChI=1S/C14H14BrN3/c15-12-8-4-7-11(9-12)13(16)14(18-17)10-5-2-1-3-6-10/h1-9,18H,16-17H2/b14-13-. The average molecular weight is 304 g/mol. The van der Waals surface area contributed by atoms with Crippen LogP contribution in [0.3, 0.4) is 0 Å². The number of hydrazine groups is 1. The molecule has 3 nitrogen and oxygen atoms in total. The molecule has 0 atom stereocenters. The third-order valence-corrected chi connectivity index (χ3v) is 3.11. The summed E-state index contributed by atoms with van der Waals surface area (Å²) in [5.74, 6) is 5.58. The van der Waals surface area contributed by atoms with Crippen LogP contribution in [-0.4, -0.2) is 0 Å². The normalized spacial score (nSPS) is 11.9. The zero-order valence-corrected chi connectivity index (χ0v) is 11.3. The van der Waals surface area contributed by atoms with Crippen molar-refractivity contribution in [2.75, 3.05) is 0 Å². The third kappa shape index (κ3) is 2.72. The lowest BCUT2D eigenvalue weighted by Gasteiger charge is -2.12. The Hall–Kier alpha value is -1.78. The molecule has 0 radical (unpaired) electrons. The molecule has 0 bridgehead atoms. The molecule has 0 unspecified atom stereocenters. The number of nitrogens with one attached hydrogen (secondary N) is 1. The first-order valence-corrected chi connectivity index (χ1v) is 6.29. The summed E-state index contributed by atoms with van der Waals surface area (Å²) in [6, 6.07) is 17.5. The summed E-state index contributed by atoms with van der Waals surface area (Å²) in [5.41, 5.74) is 12.0. The van der Waals surface area contributed by atoms with Crippen molar-refractivity contribution >= 4 is 27.3 Å². The Morgan fingerprint density at radius 1 is 0.944 bits per heavy atom. The molecule has 0 aliphatic heterocycles. The van der Waals surface area contributed by atoms with Crippen LogP contribution in [0.2, 0.25) is 0 Å². The largest absolute Gasteiger partial charge is 0.397 e. The van der Waals surface area contributed by atoms with Gasteiger partial charge in [0.05, 0.1) is 11.4 Å². The Morgan fingerprint density at radius 3 is 2.22 bits per heavy atom. The molecule has 2 aromatic rings. The molecule has 4 heteroatoms. The second kappa shape index (κ2) is 5.71. The van der Waals surface area contributed by atoms with Gasteiger partial charge in [0.2, 0.25) is 0 Å². The molecule has 0 heterocycles. The minimum Gasteiger partial charge on any atom is -0.397 e. The smallest absolute Gasteiger partial charge is 0.0795 e. The SMILES string of the molecule is NN/C(=C(\N)c1cccc(Br)c1)c1ccccc1. The molecule has 0 saturated heterocycles. The summed E-state index contributed by atoms with van der Waals surface area (Å²) >= 11 is 3.43. The Labute approximate surface area is 115 Å². The van der Waals surface area contributed by atoms with Crippen LogP contribution in [0.15, 0.2) is 59.1 Å². The van der Waals surface area contributed by atoms with Crippen molar-refractivity contribution in [1.29, 1.82) is 0 Å². The van der Waals surface area contributed by atoms with Gasteiger partial charge >= 0.3 is 0 Å². The van der Waals surface area contributed by atoms with Gasteiger partial charge in [-0.25, -0.2) is 0 Å². The van der Waals surface area contributed by atoms with E-state index in [1.165, 1.54) is 0 Å². The van der Waals surface area contributed by atoms with Crippen molar-refractivity contribution < 1.29 is 0 Å². The van der Waals surface area contributed by atoms with E-state index in [2.05, 4.69) is 21.4 Å². The number of halogens is 1. The fourth-order valence-corrected chi connectivity index (χ4v) is 2.12. The fraction of sp³-hybridized carbons (Fsp3) is 0. The highest BCUT2D eigenvalue weighted by atomic mass is 79.9. The van der Waals surface area contributed by atoms with Crippen LogP contribution in [0.5, 0.6) is 0 Å². The van der Waals surface area contributed by atoms with Gasteiger partial charge < -0.3 is 11.2 Å². The van der Waals surface area contributed by atoms with Gasteiger partial charge in [0.15, 0.2) is 0 Å². The Morgan fingerprint density at radius 2 is 1.61 bits per heavy atom. The molecular weight excluding hydrogens is 290 g/mol. The van der Waals surface area contributed by atoms with Crippen LogP contribution in [0.1, 0.15) is 11.1 Å². The number of hydrogen-bond donors (Lipinski definition) is 3. The lowest BCUT2D eigenvalue weighted by molar-refractivity contribution is 0.991. The van der Waals surface area contributed by atoms with Crippen LogP contribution >= 0.6 is 15.9 Å². The van der Waals surface area contributed by atoms with Gasteiger partial charge in [-0.05, 0) is 12.1 Å². The minimum atomic E-state index is 0.616. The van der Waals surface area contributed by atoms with E-state index in [4.69, 9.17) is 11.6 Å². The molecule has 2 aromatic carbocycles. The molecule has 0 aliphatic rings. The molecule has 0 fully saturated rings. The van der Waals surface area contributed by atoms with Gasteiger partial charge in [-0.15, -0.1) is 0 Å². The van der Waals surface area contributed by atoms with Gasteiger partial charge in [-0.2, -0.15) is 0 Å². The number of hydrogen-bond acceptors (Lipinski definition) is 3. The van der Waals surface area contributed by atoms with Gasteiger partial charge in [-0.1, -0.05) is 58.4 Å². The maximum atomic E-state index is 6.17. The molecule has 0 spiro atoms. The lowest BCUT2D eigenvalue weighted by atomic mass is 10.1. The van der Waals surface area contributed by atoms with Crippen LogP contribution in [0.25, 0.3) is 11.4 Å². The molecule has 18 heavy (non-hydrogen) atoms. The van der Waals surface area contributed by atoms with Crippen LogP contribution < -0.4 is 17.0 Å². The molecule has 0 aromatic heterocycles. The van der Waals surface area contributed by atoms with E-state index in [0.29, 0.717) is 11.4 Å². The van der Waals surface area contributed by atoms with Gasteiger partial charge in [-0.3, -0.25) is 5.84 Å². The highest BCUT2D eigenvalue weighted by molar-refractivity contribution is 9.10. The van der Waals surface area contributed by atoms with E-state index in [0.717, 1.165) is 15.6 Å². The van der Waals surface area contributed by atoms with E-state index in [-0.39, 0.29) is 0 Å². The van der Waals surface area contributed by atoms with Crippen LogP contribution in [-0.2, 0) is 0 Å². The van der Waals surface area contributed by atoms with E-state index >= 15 is 0 Å². The Balaban J connectivity index is 2.50. The summed E-state index contributed by atoms with van der Waals surface area (Å²) in [4.78, 5) is 0. The predicted octanol–water partition coefficient (Wildman–Crippen LogP) is 2.70. The number of rotatable bonds is 3. The summed E-state index contributed by atoms with van der Waals surface area (Å²) in [5, 5.41) is 0. The summed E-state index contributed by atoms with van der Waals surface area (Å²) < 4.78 is 0.979. The molecule has 0 saturated carbocycles. The zero-order chi connectivity index (χ0) is 13.0. The maximum Gasteiger partial charge on any atom is 0.0795 e. The molecule has 5 N–H and O–H groups in total. The van der Waals surface area contributed by atoms with Crippen molar-refractivity contribution in [1.82, 2.24) is 5.43 Å². The molecule has 92 valence electrons. The van der Waals surface area contributed by atoms with Gasteiger partial charge in [0.25, 0.3) is 0 Å². The van der Waals surface area contributed by atoms with E-state index in [1.54, 1.807) is 0 Å². The molecule has 0 aliphatic carbocycles.